The molecule has 0 bridgehead atoms. The summed E-state index contributed by atoms with van der Waals surface area (Å²) >= 11 is 11.6. The quantitative estimate of drug-likeness (QED) is 0.844. The number of nitrogens with one attached hydrogen (secondary N) is 1. The third kappa shape index (κ3) is 3.50. The second-order valence-electron chi connectivity index (χ2n) is 4.51. The first-order valence-electron chi connectivity index (χ1n) is 5.89. The average Bonchev–Trinajstić information content (AvgIpc) is 2.33. The number of anilines is 1. The number of halogens is 2. The highest BCUT2D eigenvalue weighted by Gasteiger charge is 2.31. The Hall–Kier alpha value is -0.670. The van der Waals surface area contributed by atoms with Crippen molar-refractivity contribution < 1.29 is 13.2 Å². The Morgan fingerprint density at radius 3 is 2.50 bits per heavy atom. The lowest BCUT2D eigenvalue weighted by molar-refractivity contribution is -0.0439. The van der Waals surface area contributed by atoms with Gasteiger partial charge in [0.05, 0.1) is 12.2 Å². The first-order valence-corrected chi connectivity index (χ1v) is 8.08. The monoisotopic (exact) mass is 340 g/mol. The highest BCUT2D eigenvalue weighted by atomic mass is 35.5. The number of nitrogens with zero attached hydrogens (tertiary/aromatic N) is 3. The fourth-order valence-corrected chi connectivity index (χ4v) is 3.61. The predicted octanol–water partition coefficient (Wildman–Crippen LogP) is 1.55. The Morgan fingerprint density at radius 1 is 1.30 bits per heavy atom. The van der Waals surface area contributed by atoms with Crippen molar-refractivity contribution in [2.75, 3.05) is 17.8 Å². The summed E-state index contributed by atoms with van der Waals surface area (Å²) in [6.07, 6.45) is 0.774. The van der Waals surface area contributed by atoms with E-state index >= 15 is 0 Å². The van der Waals surface area contributed by atoms with Crippen LogP contribution >= 0.6 is 23.2 Å². The minimum absolute atomic E-state index is 0.0110. The van der Waals surface area contributed by atoms with Gasteiger partial charge in [0.15, 0.2) is 11.0 Å². The number of rotatable bonds is 3. The molecule has 112 valence electrons. The molecule has 1 fully saturated rings. The van der Waals surface area contributed by atoms with E-state index in [2.05, 4.69) is 14.7 Å². The average molecular weight is 341 g/mol. The smallest absolute Gasteiger partial charge is 0.303 e. The van der Waals surface area contributed by atoms with Crippen LogP contribution in [0, 0.1) is 0 Å². The highest BCUT2D eigenvalue weighted by molar-refractivity contribution is 7.90. The largest absolute Gasteiger partial charge is 0.373 e. The Bertz CT molecular complexity index is 588. The summed E-state index contributed by atoms with van der Waals surface area (Å²) in [4.78, 5) is 7.44. The van der Waals surface area contributed by atoms with E-state index in [4.69, 9.17) is 27.9 Å². The van der Waals surface area contributed by atoms with Crippen molar-refractivity contribution >= 4 is 39.2 Å². The van der Waals surface area contributed by atoms with Crippen molar-refractivity contribution in [2.45, 2.75) is 26.1 Å². The van der Waals surface area contributed by atoms with Crippen LogP contribution in [0.5, 0.6) is 0 Å². The SMILES string of the molecule is CC1CN(S(=O)(=O)Nc2ncnc(Cl)c2Cl)CC(C)O1. The zero-order valence-electron chi connectivity index (χ0n) is 10.9. The van der Waals surface area contributed by atoms with Gasteiger partial charge in [0.2, 0.25) is 0 Å². The van der Waals surface area contributed by atoms with Crippen molar-refractivity contribution in [3.63, 3.8) is 0 Å². The number of hydrogen-bond acceptors (Lipinski definition) is 5. The van der Waals surface area contributed by atoms with Gasteiger partial charge in [-0.25, -0.2) is 9.97 Å². The molecule has 1 aliphatic rings. The van der Waals surface area contributed by atoms with Crippen molar-refractivity contribution in [1.29, 1.82) is 0 Å². The fourth-order valence-electron chi connectivity index (χ4n) is 1.93. The number of ether oxygens (including phenoxy) is 1. The lowest BCUT2D eigenvalue weighted by atomic mass is 10.3. The van der Waals surface area contributed by atoms with E-state index < -0.39 is 10.2 Å². The summed E-state index contributed by atoms with van der Waals surface area (Å²) in [6, 6.07) is 0. The van der Waals surface area contributed by atoms with Gasteiger partial charge in [-0.3, -0.25) is 4.72 Å². The van der Waals surface area contributed by atoms with E-state index in [1.54, 1.807) is 0 Å². The van der Waals surface area contributed by atoms with Gasteiger partial charge in [0, 0.05) is 13.1 Å². The minimum Gasteiger partial charge on any atom is -0.373 e. The van der Waals surface area contributed by atoms with Crippen molar-refractivity contribution in [3.8, 4) is 0 Å². The zero-order chi connectivity index (χ0) is 14.9. The summed E-state index contributed by atoms with van der Waals surface area (Å²) < 4.78 is 33.7. The molecule has 0 aliphatic carbocycles. The highest BCUT2D eigenvalue weighted by Crippen LogP contribution is 2.27. The number of hydrogen-bond donors (Lipinski definition) is 1. The van der Waals surface area contributed by atoms with E-state index in [0.717, 1.165) is 6.33 Å². The molecule has 0 amide bonds. The van der Waals surface area contributed by atoms with Crippen LogP contribution in [0.15, 0.2) is 6.33 Å². The normalized spacial score (nSPS) is 24.6. The topological polar surface area (TPSA) is 84.4 Å². The molecule has 0 aromatic carbocycles. The maximum Gasteiger partial charge on any atom is 0.303 e. The first kappa shape index (κ1) is 15.7. The van der Waals surface area contributed by atoms with E-state index in [1.165, 1.54) is 4.31 Å². The first-order chi connectivity index (χ1) is 9.29. The second kappa shape index (κ2) is 5.98. The molecule has 2 atom stereocenters. The fraction of sp³-hybridized carbons (Fsp3) is 0.600. The lowest BCUT2D eigenvalue weighted by Gasteiger charge is -2.34. The molecule has 2 heterocycles. The van der Waals surface area contributed by atoms with E-state index in [-0.39, 0.29) is 41.3 Å². The van der Waals surface area contributed by atoms with Crippen molar-refractivity contribution in [3.05, 3.63) is 16.5 Å². The molecule has 20 heavy (non-hydrogen) atoms. The molecular weight excluding hydrogens is 327 g/mol. The van der Waals surface area contributed by atoms with E-state index in [0.29, 0.717) is 0 Å². The number of morpholine rings is 1. The molecule has 7 nitrogen and oxygen atoms in total. The lowest BCUT2D eigenvalue weighted by Crippen LogP contribution is -2.50. The van der Waals surface area contributed by atoms with Gasteiger partial charge < -0.3 is 4.74 Å². The van der Waals surface area contributed by atoms with Gasteiger partial charge in [0.1, 0.15) is 11.3 Å². The van der Waals surface area contributed by atoms with Crippen molar-refractivity contribution in [2.24, 2.45) is 0 Å². The van der Waals surface area contributed by atoms with Crippen LogP contribution in [-0.4, -0.2) is 48.0 Å². The molecule has 2 unspecified atom stereocenters. The van der Waals surface area contributed by atoms with E-state index in [9.17, 15) is 8.42 Å². The Kier molecular flexibility index (Phi) is 4.70. The maximum atomic E-state index is 12.3. The summed E-state index contributed by atoms with van der Waals surface area (Å²) in [5, 5.41) is -0.0461. The maximum absolute atomic E-state index is 12.3. The van der Waals surface area contributed by atoms with Crippen molar-refractivity contribution in [1.82, 2.24) is 14.3 Å². The van der Waals surface area contributed by atoms with Gasteiger partial charge >= 0.3 is 10.2 Å². The molecule has 1 aromatic rings. The molecule has 0 saturated carbocycles. The van der Waals surface area contributed by atoms with Crippen LogP contribution in [-0.2, 0) is 14.9 Å². The van der Waals surface area contributed by atoms with E-state index in [1.807, 2.05) is 13.8 Å². The van der Waals surface area contributed by atoms with Gasteiger partial charge in [-0.05, 0) is 13.8 Å². The van der Waals surface area contributed by atoms with Crippen LogP contribution in [0.1, 0.15) is 13.8 Å². The molecule has 0 radical (unpaired) electrons. The van der Waals surface area contributed by atoms with Gasteiger partial charge in [-0.1, -0.05) is 23.2 Å². The van der Waals surface area contributed by atoms with Gasteiger partial charge in [0.25, 0.3) is 0 Å². The van der Waals surface area contributed by atoms with Crippen LogP contribution in [0.3, 0.4) is 0 Å². The van der Waals surface area contributed by atoms with Gasteiger partial charge in [-0.15, -0.1) is 0 Å². The summed E-state index contributed by atoms with van der Waals surface area (Å²) in [6.45, 7) is 4.14. The third-order valence-corrected chi connectivity index (χ3v) is 4.87. The third-order valence-electron chi connectivity index (χ3n) is 2.70. The molecule has 10 heteroatoms. The standard InChI is InChI=1S/C10H14Cl2N4O3S/c1-6-3-16(4-7(2)19-6)20(17,18)15-10-8(11)9(12)13-5-14-10/h5-7H,3-4H2,1-2H3,(H,13,14,15). The van der Waals surface area contributed by atoms with Crippen LogP contribution in [0.4, 0.5) is 5.82 Å². The molecule has 2 rings (SSSR count). The second-order valence-corrected chi connectivity index (χ2v) is 6.92. The number of aromatic nitrogens is 2. The Labute approximate surface area is 127 Å². The van der Waals surface area contributed by atoms with Gasteiger partial charge in [-0.2, -0.15) is 12.7 Å². The Balaban J connectivity index is 2.21. The minimum atomic E-state index is -3.77. The predicted molar refractivity (Wildman–Crippen MR) is 76.2 cm³/mol. The van der Waals surface area contributed by atoms with Crippen LogP contribution in [0.25, 0.3) is 0 Å². The summed E-state index contributed by atoms with van der Waals surface area (Å²) in [7, 11) is -3.77. The van der Waals surface area contributed by atoms with Crippen LogP contribution in [0.2, 0.25) is 10.2 Å². The molecule has 1 N–H and O–H groups in total. The summed E-state index contributed by atoms with van der Waals surface area (Å²) in [5.74, 6) is -0.0431. The van der Waals surface area contributed by atoms with Crippen LogP contribution < -0.4 is 4.72 Å². The summed E-state index contributed by atoms with van der Waals surface area (Å²) in [5.41, 5.74) is 0. The zero-order valence-corrected chi connectivity index (χ0v) is 13.2. The molecule has 1 aliphatic heterocycles. The molecule has 0 spiro atoms. The molecule has 1 aromatic heterocycles. The molecule has 1 saturated heterocycles. The molecular formula is C10H14Cl2N4O3S. The Morgan fingerprint density at radius 2 is 1.90 bits per heavy atom.